The van der Waals surface area contributed by atoms with E-state index >= 15 is 0 Å². The summed E-state index contributed by atoms with van der Waals surface area (Å²) in [5, 5.41) is 0.708. The molecule has 1 amide bonds. The average Bonchev–Trinajstić information content (AvgIpc) is 2.56. The van der Waals surface area contributed by atoms with Gasteiger partial charge in [0.15, 0.2) is 0 Å². The van der Waals surface area contributed by atoms with Gasteiger partial charge in [0.2, 0.25) is 0 Å². The van der Waals surface area contributed by atoms with Gasteiger partial charge in [0.25, 0.3) is 5.91 Å². The minimum absolute atomic E-state index is 0.124. The number of rotatable bonds is 2. The normalized spacial score (nSPS) is 15.8. The molecule has 0 bridgehead atoms. The van der Waals surface area contributed by atoms with Gasteiger partial charge in [0.05, 0.1) is 10.8 Å². The molecule has 2 rings (SSSR count). The molecule has 14 heavy (non-hydrogen) atoms. The fourth-order valence-corrected chi connectivity index (χ4v) is 2.02. The first-order chi connectivity index (χ1) is 6.75. The van der Waals surface area contributed by atoms with E-state index in [1.807, 2.05) is 0 Å². The molecule has 0 aliphatic carbocycles. The highest BCUT2D eigenvalue weighted by atomic mass is 32.2. The highest BCUT2D eigenvalue weighted by Crippen LogP contribution is 2.18. The molecule has 1 aliphatic rings. The maximum Gasteiger partial charge on any atom is 0.256 e. The van der Waals surface area contributed by atoms with Crippen molar-refractivity contribution >= 4 is 22.7 Å². The second-order valence-corrected chi connectivity index (χ2v) is 4.00. The van der Waals surface area contributed by atoms with Gasteiger partial charge in [-0.1, -0.05) is 18.2 Å². The van der Waals surface area contributed by atoms with Crippen molar-refractivity contribution in [1.82, 2.24) is 0 Å². The van der Waals surface area contributed by atoms with Crippen molar-refractivity contribution < 1.29 is 9.18 Å². The third kappa shape index (κ3) is 2.01. The zero-order valence-corrected chi connectivity index (χ0v) is 8.18. The number of halogens is 1. The van der Waals surface area contributed by atoms with Gasteiger partial charge in [-0.3, -0.25) is 4.79 Å². The van der Waals surface area contributed by atoms with Gasteiger partial charge in [0.1, 0.15) is 5.82 Å². The lowest BCUT2D eigenvalue weighted by atomic mass is 10.1. The van der Waals surface area contributed by atoms with Crippen LogP contribution in [0.4, 0.5) is 4.39 Å². The first-order valence-electron chi connectivity index (χ1n) is 4.22. The molecule has 1 aliphatic heterocycles. The van der Waals surface area contributed by atoms with Crippen LogP contribution in [0.1, 0.15) is 5.56 Å². The van der Waals surface area contributed by atoms with E-state index in [-0.39, 0.29) is 11.7 Å². The number of benzene rings is 1. The molecule has 0 atom stereocenters. The minimum Gasteiger partial charge on any atom is -0.272 e. The van der Waals surface area contributed by atoms with Crippen molar-refractivity contribution in [3.8, 4) is 0 Å². The van der Waals surface area contributed by atoms with Crippen molar-refractivity contribution in [2.45, 2.75) is 6.42 Å². The molecule has 1 aromatic rings. The summed E-state index contributed by atoms with van der Waals surface area (Å²) in [6.45, 7) is 0. The molecule has 0 aromatic heterocycles. The van der Waals surface area contributed by atoms with E-state index in [4.69, 9.17) is 0 Å². The van der Waals surface area contributed by atoms with Crippen molar-refractivity contribution in [1.29, 1.82) is 0 Å². The zero-order valence-electron chi connectivity index (χ0n) is 7.37. The molecule has 1 heterocycles. The summed E-state index contributed by atoms with van der Waals surface area (Å²) in [5.41, 5.74) is 0.591. The lowest BCUT2D eigenvalue weighted by Gasteiger charge is -2.00. The zero-order chi connectivity index (χ0) is 9.97. The Hall–Kier alpha value is -1.16. The topological polar surface area (TPSA) is 29.4 Å². The summed E-state index contributed by atoms with van der Waals surface area (Å²) in [7, 11) is 0. The Labute approximate surface area is 85.2 Å². The Balaban J connectivity index is 2.15. The fourth-order valence-electron chi connectivity index (χ4n) is 1.24. The summed E-state index contributed by atoms with van der Waals surface area (Å²) >= 11 is 1.39. The van der Waals surface area contributed by atoms with Crippen LogP contribution < -0.4 is 0 Å². The molecular formula is C10H8FNOS. The van der Waals surface area contributed by atoms with Crippen LogP contribution in [0.25, 0.3) is 0 Å². The second-order valence-electron chi connectivity index (χ2n) is 2.96. The standard InChI is InChI=1S/C10H8FNOS/c11-8-4-2-1-3-7(8)5-10-12-9(13)6-14-10/h1-4H,5-6H2. The van der Waals surface area contributed by atoms with Gasteiger partial charge >= 0.3 is 0 Å². The fraction of sp³-hybridized carbons (Fsp3) is 0.200. The second kappa shape index (κ2) is 3.92. The van der Waals surface area contributed by atoms with Crippen molar-refractivity contribution in [2.24, 2.45) is 4.99 Å². The largest absolute Gasteiger partial charge is 0.272 e. The Morgan fingerprint density at radius 3 is 2.86 bits per heavy atom. The van der Waals surface area contributed by atoms with E-state index in [0.717, 1.165) is 0 Å². The molecule has 0 saturated heterocycles. The van der Waals surface area contributed by atoms with Gasteiger partial charge in [-0.2, -0.15) is 0 Å². The maximum absolute atomic E-state index is 13.2. The maximum atomic E-state index is 13.2. The van der Waals surface area contributed by atoms with Crippen LogP contribution in [0.15, 0.2) is 29.3 Å². The number of aliphatic imine (C=N–C) groups is 1. The van der Waals surface area contributed by atoms with Gasteiger partial charge in [-0.25, -0.2) is 9.38 Å². The number of amides is 1. The molecule has 0 N–H and O–H groups in total. The minimum atomic E-state index is -0.241. The number of hydrogen-bond acceptors (Lipinski definition) is 2. The SMILES string of the molecule is O=C1CSC(Cc2ccccc2F)=N1. The van der Waals surface area contributed by atoms with Crippen LogP contribution in [0.3, 0.4) is 0 Å². The monoisotopic (exact) mass is 209 g/mol. The van der Waals surface area contributed by atoms with Crippen molar-refractivity contribution in [3.63, 3.8) is 0 Å². The molecule has 0 fully saturated rings. The predicted octanol–water partition coefficient (Wildman–Crippen LogP) is 2.04. The number of carbonyl (C=O) groups is 1. The highest BCUT2D eigenvalue weighted by Gasteiger charge is 2.15. The van der Waals surface area contributed by atoms with Crippen LogP contribution in [0, 0.1) is 5.82 Å². The average molecular weight is 209 g/mol. The Morgan fingerprint density at radius 1 is 1.43 bits per heavy atom. The number of carbonyl (C=O) groups excluding carboxylic acids is 1. The molecular weight excluding hydrogens is 201 g/mol. The highest BCUT2D eigenvalue weighted by molar-refractivity contribution is 8.15. The lowest BCUT2D eigenvalue weighted by molar-refractivity contribution is -0.115. The van der Waals surface area contributed by atoms with E-state index in [1.165, 1.54) is 17.8 Å². The molecule has 0 unspecified atom stereocenters. The number of hydrogen-bond donors (Lipinski definition) is 0. The molecule has 2 nitrogen and oxygen atoms in total. The summed E-state index contributed by atoms with van der Waals surface area (Å²) in [5.74, 6) is 0.0283. The summed E-state index contributed by atoms with van der Waals surface area (Å²) < 4.78 is 13.2. The lowest BCUT2D eigenvalue weighted by Crippen LogP contribution is -1.97. The van der Waals surface area contributed by atoms with Crippen molar-refractivity contribution in [2.75, 3.05) is 5.75 Å². The molecule has 72 valence electrons. The summed E-state index contributed by atoms with van der Waals surface area (Å²) in [6, 6.07) is 6.55. The van der Waals surface area contributed by atoms with E-state index < -0.39 is 0 Å². The van der Waals surface area contributed by atoms with Gasteiger partial charge in [0, 0.05) is 6.42 Å². The van der Waals surface area contributed by atoms with Gasteiger partial charge in [-0.05, 0) is 11.6 Å². The van der Waals surface area contributed by atoms with Gasteiger partial charge in [-0.15, -0.1) is 11.8 Å². The van der Waals surface area contributed by atoms with E-state index in [2.05, 4.69) is 4.99 Å². The molecule has 1 aromatic carbocycles. The molecule has 0 spiro atoms. The van der Waals surface area contributed by atoms with Crippen LogP contribution in [-0.2, 0) is 11.2 Å². The molecule has 0 radical (unpaired) electrons. The van der Waals surface area contributed by atoms with Crippen LogP contribution in [0.2, 0.25) is 0 Å². The molecule has 4 heteroatoms. The smallest absolute Gasteiger partial charge is 0.256 e. The third-order valence-electron chi connectivity index (χ3n) is 1.91. The van der Waals surface area contributed by atoms with Crippen LogP contribution >= 0.6 is 11.8 Å². The number of nitrogens with zero attached hydrogens (tertiary/aromatic N) is 1. The van der Waals surface area contributed by atoms with Crippen LogP contribution in [-0.4, -0.2) is 16.7 Å². The Kier molecular flexibility index (Phi) is 2.63. The van der Waals surface area contributed by atoms with Crippen molar-refractivity contribution in [3.05, 3.63) is 35.6 Å². The predicted molar refractivity (Wildman–Crippen MR) is 55.0 cm³/mol. The first kappa shape index (κ1) is 9.40. The van der Waals surface area contributed by atoms with Gasteiger partial charge < -0.3 is 0 Å². The quantitative estimate of drug-likeness (QED) is 0.746. The van der Waals surface area contributed by atoms with E-state index in [0.29, 0.717) is 22.8 Å². The summed E-state index contributed by atoms with van der Waals surface area (Å²) in [6.07, 6.45) is 0.420. The summed E-state index contributed by atoms with van der Waals surface area (Å²) in [4.78, 5) is 14.6. The Bertz CT molecular complexity index is 403. The first-order valence-corrected chi connectivity index (χ1v) is 5.21. The van der Waals surface area contributed by atoms with Crippen LogP contribution in [0.5, 0.6) is 0 Å². The van der Waals surface area contributed by atoms with E-state index in [9.17, 15) is 9.18 Å². The third-order valence-corrected chi connectivity index (χ3v) is 2.87. The van der Waals surface area contributed by atoms with E-state index in [1.54, 1.807) is 18.2 Å². The number of thioether (sulfide) groups is 1. The Morgan fingerprint density at radius 2 is 2.21 bits per heavy atom. The molecule has 0 saturated carbocycles.